The lowest BCUT2D eigenvalue weighted by Crippen LogP contribution is -2.15. The zero-order valence-corrected chi connectivity index (χ0v) is 9.42. The molecule has 0 aliphatic rings. The van der Waals surface area contributed by atoms with Gasteiger partial charge in [0.1, 0.15) is 0 Å². The van der Waals surface area contributed by atoms with E-state index in [1.165, 1.54) is 19.3 Å². The topological polar surface area (TPSA) is 64.1 Å². The third kappa shape index (κ3) is 4.21. The van der Waals surface area contributed by atoms with E-state index in [9.17, 15) is 0 Å². The Kier molecular flexibility index (Phi) is 4.98. The number of hydrogen-bond donors (Lipinski definition) is 3. The fourth-order valence-corrected chi connectivity index (χ4v) is 1.50. The Hall–Kier alpha value is -1.22. The summed E-state index contributed by atoms with van der Waals surface area (Å²) < 4.78 is 0. The number of benzene rings is 1. The SMILES string of the molecule is CCCCCNCc1cc(N)ccc1N. The van der Waals surface area contributed by atoms with Crippen molar-refractivity contribution in [1.29, 1.82) is 0 Å². The fourth-order valence-electron chi connectivity index (χ4n) is 1.50. The molecule has 0 aliphatic carbocycles. The molecular formula is C12H21N3. The highest BCUT2D eigenvalue weighted by molar-refractivity contribution is 5.55. The first-order valence-corrected chi connectivity index (χ1v) is 5.58. The van der Waals surface area contributed by atoms with Crippen molar-refractivity contribution in [3.05, 3.63) is 23.8 Å². The predicted molar refractivity (Wildman–Crippen MR) is 66.5 cm³/mol. The first-order valence-electron chi connectivity index (χ1n) is 5.58. The molecule has 15 heavy (non-hydrogen) atoms. The number of nitrogens with two attached hydrogens (primary N) is 2. The van der Waals surface area contributed by atoms with E-state index >= 15 is 0 Å². The Morgan fingerprint density at radius 3 is 2.73 bits per heavy atom. The van der Waals surface area contributed by atoms with Crippen LogP contribution in [-0.4, -0.2) is 6.54 Å². The van der Waals surface area contributed by atoms with Gasteiger partial charge in [-0.1, -0.05) is 19.8 Å². The molecule has 1 aromatic rings. The maximum absolute atomic E-state index is 5.83. The van der Waals surface area contributed by atoms with Gasteiger partial charge in [0.25, 0.3) is 0 Å². The van der Waals surface area contributed by atoms with Gasteiger partial charge in [0.05, 0.1) is 0 Å². The van der Waals surface area contributed by atoms with Crippen LogP contribution in [0.25, 0.3) is 0 Å². The second-order valence-electron chi connectivity index (χ2n) is 3.84. The highest BCUT2D eigenvalue weighted by atomic mass is 14.8. The molecule has 0 saturated heterocycles. The number of hydrogen-bond acceptors (Lipinski definition) is 3. The molecule has 3 nitrogen and oxygen atoms in total. The summed E-state index contributed by atoms with van der Waals surface area (Å²) in [5.41, 5.74) is 14.2. The van der Waals surface area contributed by atoms with Crippen molar-refractivity contribution in [3.63, 3.8) is 0 Å². The van der Waals surface area contributed by atoms with Crippen molar-refractivity contribution >= 4 is 11.4 Å². The third-order valence-corrected chi connectivity index (χ3v) is 2.44. The molecule has 0 unspecified atom stereocenters. The molecule has 0 aromatic heterocycles. The smallest absolute Gasteiger partial charge is 0.0361 e. The largest absolute Gasteiger partial charge is 0.399 e. The monoisotopic (exact) mass is 207 g/mol. The minimum atomic E-state index is 0.773. The number of anilines is 2. The van der Waals surface area contributed by atoms with E-state index in [0.29, 0.717) is 0 Å². The van der Waals surface area contributed by atoms with Crippen molar-refractivity contribution < 1.29 is 0 Å². The lowest BCUT2D eigenvalue weighted by Gasteiger charge is -2.08. The molecular weight excluding hydrogens is 186 g/mol. The molecule has 3 heteroatoms. The number of rotatable bonds is 6. The summed E-state index contributed by atoms with van der Waals surface area (Å²) in [7, 11) is 0. The zero-order chi connectivity index (χ0) is 11.1. The van der Waals surface area contributed by atoms with Crippen molar-refractivity contribution in [2.45, 2.75) is 32.7 Å². The summed E-state index contributed by atoms with van der Waals surface area (Å²) >= 11 is 0. The van der Waals surface area contributed by atoms with Gasteiger partial charge >= 0.3 is 0 Å². The van der Waals surface area contributed by atoms with Crippen molar-refractivity contribution in [3.8, 4) is 0 Å². The van der Waals surface area contributed by atoms with Crippen LogP contribution >= 0.6 is 0 Å². The fraction of sp³-hybridized carbons (Fsp3) is 0.500. The van der Waals surface area contributed by atoms with E-state index in [1.807, 2.05) is 18.2 Å². The van der Waals surface area contributed by atoms with Crippen LogP contribution in [0, 0.1) is 0 Å². The molecule has 0 atom stereocenters. The minimum Gasteiger partial charge on any atom is -0.399 e. The van der Waals surface area contributed by atoms with Crippen LogP contribution in [0.4, 0.5) is 11.4 Å². The standard InChI is InChI=1S/C12H21N3/c1-2-3-4-7-15-9-10-8-11(13)5-6-12(10)14/h5-6,8,15H,2-4,7,9,13-14H2,1H3. The van der Waals surface area contributed by atoms with Crippen LogP contribution in [0.1, 0.15) is 31.7 Å². The van der Waals surface area contributed by atoms with Gasteiger partial charge in [-0.05, 0) is 36.7 Å². The van der Waals surface area contributed by atoms with Gasteiger partial charge in [0, 0.05) is 17.9 Å². The van der Waals surface area contributed by atoms with E-state index in [1.54, 1.807) is 0 Å². The van der Waals surface area contributed by atoms with Gasteiger partial charge in [-0.3, -0.25) is 0 Å². The average molecular weight is 207 g/mol. The normalized spacial score (nSPS) is 10.5. The summed E-state index contributed by atoms with van der Waals surface area (Å²) in [5, 5.41) is 3.37. The maximum atomic E-state index is 5.83. The Bertz CT molecular complexity index is 297. The zero-order valence-electron chi connectivity index (χ0n) is 9.42. The summed E-state index contributed by atoms with van der Waals surface area (Å²) in [5.74, 6) is 0. The van der Waals surface area contributed by atoms with Gasteiger partial charge in [-0.2, -0.15) is 0 Å². The molecule has 1 aromatic carbocycles. The van der Waals surface area contributed by atoms with Crippen molar-refractivity contribution in [1.82, 2.24) is 5.32 Å². The molecule has 0 aliphatic heterocycles. The summed E-state index contributed by atoms with van der Waals surface area (Å²) in [6.45, 7) is 4.05. The highest BCUT2D eigenvalue weighted by Gasteiger charge is 1.98. The number of unbranched alkanes of at least 4 members (excludes halogenated alkanes) is 2. The van der Waals surface area contributed by atoms with Crippen LogP contribution in [0.3, 0.4) is 0 Å². The number of nitrogen functional groups attached to an aromatic ring is 2. The lowest BCUT2D eigenvalue weighted by atomic mass is 10.1. The van der Waals surface area contributed by atoms with Crippen LogP contribution in [0.15, 0.2) is 18.2 Å². The van der Waals surface area contributed by atoms with E-state index in [4.69, 9.17) is 11.5 Å². The molecule has 0 heterocycles. The van der Waals surface area contributed by atoms with E-state index < -0.39 is 0 Å². The maximum Gasteiger partial charge on any atom is 0.0361 e. The molecule has 0 amide bonds. The van der Waals surface area contributed by atoms with Crippen molar-refractivity contribution in [2.75, 3.05) is 18.0 Å². The molecule has 84 valence electrons. The molecule has 0 bridgehead atoms. The van der Waals surface area contributed by atoms with Gasteiger partial charge in [-0.25, -0.2) is 0 Å². The Morgan fingerprint density at radius 1 is 1.20 bits per heavy atom. The quantitative estimate of drug-likeness (QED) is 0.494. The van der Waals surface area contributed by atoms with Crippen LogP contribution in [0.5, 0.6) is 0 Å². The second kappa shape index (κ2) is 6.30. The first kappa shape index (κ1) is 11.9. The first-order chi connectivity index (χ1) is 7.24. The van der Waals surface area contributed by atoms with Gasteiger partial charge in [0.15, 0.2) is 0 Å². The Morgan fingerprint density at radius 2 is 2.00 bits per heavy atom. The Balaban J connectivity index is 2.33. The van der Waals surface area contributed by atoms with Gasteiger partial charge < -0.3 is 16.8 Å². The van der Waals surface area contributed by atoms with Crippen LogP contribution in [0.2, 0.25) is 0 Å². The molecule has 0 saturated carbocycles. The summed E-state index contributed by atoms with van der Waals surface area (Å²) in [6, 6.07) is 5.62. The van der Waals surface area contributed by atoms with Crippen LogP contribution in [-0.2, 0) is 6.54 Å². The highest BCUT2D eigenvalue weighted by Crippen LogP contribution is 2.14. The van der Waals surface area contributed by atoms with Crippen LogP contribution < -0.4 is 16.8 Å². The van der Waals surface area contributed by atoms with E-state index in [-0.39, 0.29) is 0 Å². The lowest BCUT2D eigenvalue weighted by molar-refractivity contribution is 0.617. The average Bonchev–Trinajstić information content (AvgIpc) is 2.23. The predicted octanol–water partition coefficient (Wildman–Crippen LogP) is 2.13. The molecule has 1 rings (SSSR count). The summed E-state index contributed by atoms with van der Waals surface area (Å²) in [4.78, 5) is 0. The van der Waals surface area contributed by atoms with E-state index in [0.717, 1.165) is 30.0 Å². The minimum absolute atomic E-state index is 0.773. The molecule has 0 spiro atoms. The second-order valence-corrected chi connectivity index (χ2v) is 3.84. The van der Waals surface area contributed by atoms with E-state index in [2.05, 4.69) is 12.2 Å². The molecule has 0 fully saturated rings. The van der Waals surface area contributed by atoms with Gasteiger partial charge in [-0.15, -0.1) is 0 Å². The molecule has 5 N–H and O–H groups in total. The third-order valence-electron chi connectivity index (χ3n) is 2.44. The molecule has 0 radical (unpaired) electrons. The number of nitrogens with one attached hydrogen (secondary N) is 1. The Labute approximate surface area is 91.9 Å². The summed E-state index contributed by atoms with van der Waals surface area (Å²) in [6.07, 6.45) is 3.75. The van der Waals surface area contributed by atoms with Crippen molar-refractivity contribution in [2.24, 2.45) is 0 Å². The van der Waals surface area contributed by atoms with Gasteiger partial charge in [0.2, 0.25) is 0 Å².